The third kappa shape index (κ3) is 2.93. The highest BCUT2D eigenvalue weighted by Crippen LogP contribution is 2.08. The van der Waals surface area contributed by atoms with Crippen LogP contribution < -0.4 is 0 Å². The van der Waals surface area contributed by atoms with E-state index in [0.29, 0.717) is 0 Å². The van der Waals surface area contributed by atoms with Gasteiger partial charge in [-0.25, -0.2) is 0 Å². The van der Waals surface area contributed by atoms with Crippen LogP contribution in [0.5, 0.6) is 0 Å². The Morgan fingerprint density at radius 1 is 0.938 bits per heavy atom. The monoisotopic (exact) mass is 211 g/mol. The predicted octanol–water partition coefficient (Wildman–Crippen LogP) is 3.48. The summed E-state index contributed by atoms with van der Waals surface area (Å²) < 4.78 is 0. The molecule has 1 heteroatoms. The Bertz CT molecular complexity index is 429. The van der Waals surface area contributed by atoms with Gasteiger partial charge in [-0.1, -0.05) is 35.9 Å². The fraction of sp³-hybridized carbons (Fsp3) is 0.267. The molecule has 0 saturated carbocycles. The second kappa shape index (κ2) is 4.93. The fourth-order valence-corrected chi connectivity index (χ4v) is 1.88. The first-order valence-corrected chi connectivity index (χ1v) is 5.72. The van der Waals surface area contributed by atoms with Crippen LogP contribution >= 0.6 is 0 Å². The van der Waals surface area contributed by atoms with Gasteiger partial charge in [0.25, 0.3) is 0 Å². The lowest BCUT2D eigenvalue weighted by Gasteiger charge is -2.03. The van der Waals surface area contributed by atoms with Gasteiger partial charge in [-0.2, -0.15) is 0 Å². The molecule has 0 bridgehead atoms. The average molecular weight is 211 g/mol. The highest BCUT2D eigenvalue weighted by Gasteiger charge is 1.97. The highest BCUT2D eigenvalue weighted by molar-refractivity contribution is 5.23. The molecular formula is C15H17N. The average Bonchev–Trinajstić information content (AvgIpc) is 2.27. The first-order chi connectivity index (χ1) is 7.74. The summed E-state index contributed by atoms with van der Waals surface area (Å²) in [6.45, 7) is 4.17. The summed E-state index contributed by atoms with van der Waals surface area (Å²) in [4.78, 5) is 4.51. The Labute approximate surface area is 97.2 Å². The molecule has 0 amide bonds. The Morgan fingerprint density at radius 3 is 2.50 bits per heavy atom. The van der Waals surface area contributed by atoms with Gasteiger partial charge in [0.1, 0.15) is 0 Å². The normalized spacial score (nSPS) is 10.4. The van der Waals surface area contributed by atoms with Gasteiger partial charge in [0.15, 0.2) is 0 Å². The van der Waals surface area contributed by atoms with Crippen molar-refractivity contribution in [2.75, 3.05) is 0 Å². The van der Waals surface area contributed by atoms with Crippen LogP contribution in [0.3, 0.4) is 0 Å². The summed E-state index contributed by atoms with van der Waals surface area (Å²) >= 11 is 0. The Balaban J connectivity index is 2.02. The Kier molecular flexibility index (Phi) is 3.35. The molecule has 0 aliphatic heterocycles. The summed E-state index contributed by atoms with van der Waals surface area (Å²) in [5, 5.41) is 0. The van der Waals surface area contributed by atoms with Crippen molar-refractivity contribution in [3.05, 3.63) is 65.0 Å². The van der Waals surface area contributed by atoms with Gasteiger partial charge in [0.05, 0.1) is 0 Å². The molecule has 0 spiro atoms. The second-order valence-corrected chi connectivity index (χ2v) is 4.26. The number of aromatic nitrogens is 1. The second-order valence-electron chi connectivity index (χ2n) is 4.26. The maximum atomic E-state index is 4.51. The van der Waals surface area contributed by atoms with Crippen LogP contribution in [0.15, 0.2) is 42.5 Å². The summed E-state index contributed by atoms with van der Waals surface area (Å²) in [7, 11) is 0. The molecule has 2 aromatic rings. The zero-order valence-electron chi connectivity index (χ0n) is 9.90. The summed E-state index contributed by atoms with van der Waals surface area (Å²) in [6, 6.07) is 14.9. The van der Waals surface area contributed by atoms with Crippen molar-refractivity contribution in [2.45, 2.75) is 26.7 Å². The van der Waals surface area contributed by atoms with Crippen molar-refractivity contribution in [2.24, 2.45) is 0 Å². The zero-order valence-corrected chi connectivity index (χ0v) is 9.90. The van der Waals surface area contributed by atoms with Gasteiger partial charge in [0, 0.05) is 11.4 Å². The quantitative estimate of drug-likeness (QED) is 0.757. The van der Waals surface area contributed by atoms with Crippen molar-refractivity contribution in [3.8, 4) is 0 Å². The van der Waals surface area contributed by atoms with E-state index in [0.717, 1.165) is 18.5 Å². The van der Waals surface area contributed by atoms with E-state index >= 15 is 0 Å². The summed E-state index contributed by atoms with van der Waals surface area (Å²) in [6.07, 6.45) is 2.09. The van der Waals surface area contributed by atoms with Gasteiger partial charge >= 0.3 is 0 Å². The molecule has 0 aliphatic carbocycles. The first kappa shape index (κ1) is 10.9. The zero-order chi connectivity index (χ0) is 11.4. The van der Waals surface area contributed by atoms with Crippen LogP contribution in [0.25, 0.3) is 0 Å². The van der Waals surface area contributed by atoms with Crippen molar-refractivity contribution >= 4 is 0 Å². The number of hydrogen-bond acceptors (Lipinski definition) is 1. The van der Waals surface area contributed by atoms with Crippen molar-refractivity contribution in [1.29, 1.82) is 0 Å². The van der Waals surface area contributed by atoms with Crippen LogP contribution in [-0.4, -0.2) is 4.98 Å². The molecule has 0 unspecified atom stereocenters. The number of nitrogens with zero attached hydrogens (tertiary/aromatic N) is 1. The van der Waals surface area contributed by atoms with E-state index in [1.807, 2.05) is 13.0 Å². The number of aryl methyl sites for hydroxylation is 4. The van der Waals surface area contributed by atoms with Gasteiger partial charge < -0.3 is 0 Å². The minimum atomic E-state index is 1.02. The van der Waals surface area contributed by atoms with Crippen molar-refractivity contribution in [3.63, 3.8) is 0 Å². The molecule has 0 aliphatic rings. The van der Waals surface area contributed by atoms with E-state index in [2.05, 4.69) is 48.3 Å². The van der Waals surface area contributed by atoms with Crippen LogP contribution in [0.1, 0.15) is 22.5 Å². The van der Waals surface area contributed by atoms with E-state index < -0.39 is 0 Å². The van der Waals surface area contributed by atoms with Gasteiger partial charge in [0.2, 0.25) is 0 Å². The van der Waals surface area contributed by atoms with Crippen LogP contribution in [0, 0.1) is 13.8 Å². The molecule has 1 nitrogen and oxygen atoms in total. The molecule has 1 heterocycles. The molecule has 2 rings (SSSR count). The topological polar surface area (TPSA) is 12.9 Å². The van der Waals surface area contributed by atoms with E-state index in [4.69, 9.17) is 0 Å². The van der Waals surface area contributed by atoms with E-state index in [1.165, 1.54) is 16.8 Å². The minimum Gasteiger partial charge on any atom is -0.258 e. The van der Waals surface area contributed by atoms with E-state index in [1.54, 1.807) is 0 Å². The van der Waals surface area contributed by atoms with Crippen LogP contribution in [-0.2, 0) is 12.8 Å². The molecule has 0 fully saturated rings. The largest absolute Gasteiger partial charge is 0.258 e. The molecule has 0 saturated heterocycles. The molecular weight excluding hydrogens is 194 g/mol. The Morgan fingerprint density at radius 2 is 1.75 bits per heavy atom. The lowest BCUT2D eigenvalue weighted by Crippen LogP contribution is -1.95. The fourth-order valence-electron chi connectivity index (χ4n) is 1.88. The number of hydrogen-bond donors (Lipinski definition) is 0. The summed E-state index contributed by atoms with van der Waals surface area (Å²) in [5.41, 5.74) is 5.00. The number of pyridine rings is 1. The molecule has 0 atom stereocenters. The van der Waals surface area contributed by atoms with Gasteiger partial charge in [-0.3, -0.25) is 4.98 Å². The lowest BCUT2D eigenvalue weighted by molar-refractivity contribution is 0.902. The molecule has 1 aromatic heterocycles. The van der Waals surface area contributed by atoms with Crippen LogP contribution in [0.2, 0.25) is 0 Å². The minimum absolute atomic E-state index is 1.02. The SMILES string of the molecule is Cc1cccc(CCc2cccc(C)n2)c1. The van der Waals surface area contributed by atoms with E-state index in [9.17, 15) is 0 Å². The maximum absolute atomic E-state index is 4.51. The van der Waals surface area contributed by atoms with Crippen molar-refractivity contribution in [1.82, 2.24) is 4.98 Å². The van der Waals surface area contributed by atoms with Gasteiger partial charge in [-0.05, 0) is 44.4 Å². The Hall–Kier alpha value is -1.63. The maximum Gasteiger partial charge on any atom is 0.0410 e. The third-order valence-electron chi connectivity index (χ3n) is 2.70. The highest BCUT2D eigenvalue weighted by atomic mass is 14.7. The predicted molar refractivity (Wildman–Crippen MR) is 67.6 cm³/mol. The number of benzene rings is 1. The smallest absolute Gasteiger partial charge is 0.0410 e. The first-order valence-electron chi connectivity index (χ1n) is 5.72. The molecule has 1 aromatic carbocycles. The van der Waals surface area contributed by atoms with E-state index in [-0.39, 0.29) is 0 Å². The van der Waals surface area contributed by atoms with Gasteiger partial charge in [-0.15, -0.1) is 0 Å². The van der Waals surface area contributed by atoms with Crippen LogP contribution in [0.4, 0.5) is 0 Å². The lowest BCUT2D eigenvalue weighted by atomic mass is 10.1. The molecule has 82 valence electrons. The molecule has 16 heavy (non-hydrogen) atoms. The molecule has 0 N–H and O–H groups in total. The third-order valence-corrected chi connectivity index (χ3v) is 2.70. The summed E-state index contributed by atoms with van der Waals surface area (Å²) in [5.74, 6) is 0. The number of rotatable bonds is 3. The van der Waals surface area contributed by atoms with Crippen molar-refractivity contribution < 1.29 is 0 Å². The molecule has 0 radical (unpaired) electrons. The standard InChI is InChI=1S/C15H17N/c1-12-5-3-7-14(11-12)9-10-15-8-4-6-13(2)16-15/h3-8,11H,9-10H2,1-2H3.